The second-order valence-electron chi connectivity index (χ2n) is 5.48. The van der Waals surface area contributed by atoms with Crippen LogP contribution in [0.1, 0.15) is 13.3 Å². The lowest BCUT2D eigenvalue weighted by Gasteiger charge is -2.22. The van der Waals surface area contributed by atoms with Crippen molar-refractivity contribution in [2.24, 2.45) is 10.7 Å². The summed E-state index contributed by atoms with van der Waals surface area (Å²) in [7, 11) is 6.20. The van der Waals surface area contributed by atoms with Crippen LogP contribution in [0.2, 0.25) is 0 Å². The van der Waals surface area contributed by atoms with E-state index in [4.69, 9.17) is 5.73 Å². The van der Waals surface area contributed by atoms with Gasteiger partial charge in [0.2, 0.25) is 0 Å². The molecule has 0 heterocycles. The maximum absolute atomic E-state index is 6.10. The lowest BCUT2D eigenvalue weighted by molar-refractivity contribution is 0.295. The minimum absolute atomic E-state index is 0.623. The van der Waals surface area contributed by atoms with Crippen LogP contribution in [-0.4, -0.2) is 57.3 Å². The lowest BCUT2D eigenvalue weighted by Crippen LogP contribution is -2.32. The average molecular weight is 305 g/mol. The van der Waals surface area contributed by atoms with Crippen molar-refractivity contribution in [2.75, 3.05) is 40.8 Å². The summed E-state index contributed by atoms with van der Waals surface area (Å²) >= 11 is 0. The number of nitrogens with one attached hydrogen (secondary N) is 1. The van der Waals surface area contributed by atoms with Gasteiger partial charge in [0.1, 0.15) is 0 Å². The number of hydrogen-bond acceptors (Lipinski definition) is 5. The molecule has 0 spiro atoms. The van der Waals surface area contributed by atoms with Gasteiger partial charge in [-0.1, -0.05) is 20.1 Å². The van der Waals surface area contributed by atoms with Gasteiger partial charge in [-0.05, 0) is 46.4 Å². The molecule has 0 aromatic rings. The van der Waals surface area contributed by atoms with E-state index in [0.29, 0.717) is 5.70 Å². The summed E-state index contributed by atoms with van der Waals surface area (Å²) in [4.78, 5) is 8.34. The normalized spacial score (nSPS) is 13.1. The van der Waals surface area contributed by atoms with Gasteiger partial charge in [0.05, 0.1) is 11.4 Å². The molecule has 0 amide bonds. The SMILES string of the molecule is C=CC(=C)N/C(=C/C(N)=C(/CC)N=C)CN(C)CCN(C)C. The molecule has 124 valence electrons. The fraction of sp³-hybridized carbons (Fsp3) is 0.471. The van der Waals surface area contributed by atoms with Gasteiger partial charge in [-0.3, -0.25) is 9.89 Å². The molecule has 0 atom stereocenters. The quantitative estimate of drug-likeness (QED) is 0.452. The topological polar surface area (TPSA) is 56.9 Å². The smallest absolute Gasteiger partial charge is 0.0623 e. The Hall–Kier alpha value is -1.85. The van der Waals surface area contributed by atoms with Crippen LogP contribution in [0.3, 0.4) is 0 Å². The Morgan fingerprint density at radius 3 is 2.36 bits per heavy atom. The molecule has 0 rings (SSSR count). The fourth-order valence-corrected chi connectivity index (χ4v) is 1.80. The van der Waals surface area contributed by atoms with E-state index in [-0.39, 0.29) is 0 Å². The molecule has 0 fully saturated rings. The molecule has 5 heteroatoms. The summed E-state index contributed by atoms with van der Waals surface area (Å²) in [6.07, 6.45) is 4.33. The van der Waals surface area contributed by atoms with E-state index in [1.165, 1.54) is 0 Å². The van der Waals surface area contributed by atoms with Crippen LogP contribution in [0.5, 0.6) is 0 Å². The number of nitrogens with zero attached hydrogens (tertiary/aromatic N) is 3. The highest BCUT2D eigenvalue weighted by Crippen LogP contribution is 2.09. The van der Waals surface area contributed by atoms with Gasteiger partial charge in [-0.15, -0.1) is 0 Å². The van der Waals surface area contributed by atoms with Crippen LogP contribution in [-0.2, 0) is 0 Å². The molecule has 0 saturated heterocycles. The van der Waals surface area contributed by atoms with E-state index in [2.05, 4.69) is 61.1 Å². The third kappa shape index (κ3) is 8.44. The second kappa shape index (κ2) is 10.8. The Morgan fingerprint density at radius 1 is 1.27 bits per heavy atom. The Balaban J connectivity index is 5.11. The molecule has 0 saturated carbocycles. The summed E-state index contributed by atoms with van der Waals surface area (Å²) in [6.45, 7) is 15.9. The third-order valence-electron chi connectivity index (χ3n) is 3.13. The molecule has 5 nitrogen and oxygen atoms in total. The zero-order valence-corrected chi connectivity index (χ0v) is 14.5. The first kappa shape index (κ1) is 20.1. The molecule has 22 heavy (non-hydrogen) atoms. The van der Waals surface area contributed by atoms with Crippen molar-refractivity contribution in [1.82, 2.24) is 15.1 Å². The largest absolute Gasteiger partial charge is 0.397 e. The van der Waals surface area contributed by atoms with E-state index in [1.54, 1.807) is 6.08 Å². The van der Waals surface area contributed by atoms with Crippen molar-refractivity contribution in [3.05, 3.63) is 48.1 Å². The van der Waals surface area contributed by atoms with E-state index in [9.17, 15) is 0 Å². The maximum Gasteiger partial charge on any atom is 0.0623 e. The summed E-state index contributed by atoms with van der Waals surface area (Å²) in [6, 6.07) is 0. The molecule has 0 bridgehead atoms. The monoisotopic (exact) mass is 305 g/mol. The van der Waals surface area contributed by atoms with Crippen LogP contribution in [0.25, 0.3) is 0 Å². The van der Waals surface area contributed by atoms with Crippen molar-refractivity contribution in [1.29, 1.82) is 0 Å². The number of nitrogens with two attached hydrogens (primary N) is 1. The molecule has 0 aliphatic heterocycles. The zero-order chi connectivity index (χ0) is 17.1. The van der Waals surface area contributed by atoms with Gasteiger partial charge in [0.25, 0.3) is 0 Å². The number of aliphatic imine (C=N–C) groups is 1. The van der Waals surface area contributed by atoms with Crippen molar-refractivity contribution in [3.63, 3.8) is 0 Å². The standard InChI is InChI=1S/C17H31N5/c1-8-14(3)20-15(12-16(18)17(9-2)19-4)13-22(7)11-10-21(5)6/h8,12,20H,1,3-4,9-11,13,18H2,2,5-7H3/b15-12+,17-16+. The summed E-state index contributed by atoms with van der Waals surface area (Å²) < 4.78 is 0. The fourth-order valence-electron chi connectivity index (χ4n) is 1.80. The zero-order valence-electron chi connectivity index (χ0n) is 14.5. The molecule has 3 N–H and O–H groups in total. The van der Waals surface area contributed by atoms with E-state index in [1.807, 2.05) is 13.0 Å². The predicted molar refractivity (Wildman–Crippen MR) is 97.7 cm³/mol. The number of allylic oxidation sites excluding steroid dienone is 3. The van der Waals surface area contributed by atoms with Crippen molar-refractivity contribution >= 4 is 6.72 Å². The molecule has 0 radical (unpaired) electrons. The number of hydrogen-bond donors (Lipinski definition) is 2. The third-order valence-corrected chi connectivity index (χ3v) is 3.13. The van der Waals surface area contributed by atoms with Gasteiger partial charge < -0.3 is 16.0 Å². The summed E-state index contributed by atoms with van der Waals surface area (Å²) in [5.41, 5.74) is 9.21. The van der Waals surface area contributed by atoms with Crippen LogP contribution in [0, 0.1) is 0 Å². The van der Waals surface area contributed by atoms with Crippen molar-refractivity contribution in [2.45, 2.75) is 13.3 Å². The van der Waals surface area contributed by atoms with Gasteiger partial charge in [0.15, 0.2) is 0 Å². The predicted octanol–water partition coefficient (Wildman–Crippen LogP) is 1.93. The first-order valence-electron chi connectivity index (χ1n) is 7.41. The highest BCUT2D eigenvalue weighted by atomic mass is 15.2. The van der Waals surface area contributed by atoms with Crippen LogP contribution in [0.15, 0.2) is 53.1 Å². The Morgan fingerprint density at radius 2 is 1.91 bits per heavy atom. The van der Waals surface area contributed by atoms with Gasteiger partial charge in [-0.2, -0.15) is 0 Å². The van der Waals surface area contributed by atoms with Gasteiger partial charge in [-0.25, -0.2) is 0 Å². The first-order valence-corrected chi connectivity index (χ1v) is 7.41. The minimum atomic E-state index is 0.623. The van der Waals surface area contributed by atoms with Crippen LogP contribution >= 0.6 is 0 Å². The molecule has 0 aromatic carbocycles. The van der Waals surface area contributed by atoms with Crippen molar-refractivity contribution < 1.29 is 0 Å². The highest BCUT2D eigenvalue weighted by molar-refractivity contribution is 5.35. The molecule has 0 aliphatic rings. The van der Waals surface area contributed by atoms with Crippen LogP contribution < -0.4 is 11.1 Å². The van der Waals surface area contributed by atoms with Crippen molar-refractivity contribution in [3.8, 4) is 0 Å². The van der Waals surface area contributed by atoms with E-state index < -0.39 is 0 Å². The van der Waals surface area contributed by atoms with Crippen LogP contribution in [0.4, 0.5) is 0 Å². The van der Waals surface area contributed by atoms with Gasteiger partial charge >= 0.3 is 0 Å². The molecular weight excluding hydrogens is 274 g/mol. The van der Waals surface area contributed by atoms with Gasteiger partial charge in [0, 0.05) is 31.0 Å². The Kier molecular flexibility index (Phi) is 9.91. The Labute approximate surface area is 135 Å². The minimum Gasteiger partial charge on any atom is -0.397 e. The summed E-state index contributed by atoms with van der Waals surface area (Å²) in [5.74, 6) is 0. The molecule has 0 unspecified atom stereocenters. The second-order valence-corrected chi connectivity index (χ2v) is 5.48. The number of likely N-dealkylation sites (N-methyl/N-ethyl adjacent to an activating group) is 2. The first-order chi connectivity index (χ1) is 10.3. The molecule has 0 aromatic heterocycles. The summed E-state index contributed by atoms with van der Waals surface area (Å²) in [5, 5.41) is 3.24. The molecular formula is C17H31N5. The highest BCUT2D eigenvalue weighted by Gasteiger charge is 2.06. The number of rotatable bonds is 11. The molecule has 0 aliphatic carbocycles. The Bertz CT molecular complexity index is 446. The average Bonchev–Trinajstić information content (AvgIpc) is 2.46. The van der Waals surface area contributed by atoms with E-state index in [0.717, 1.165) is 43.1 Å². The lowest BCUT2D eigenvalue weighted by atomic mass is 10.2. The van der Waals surface area contributed by atoms with E-state index >= 15 is 0 Å². The maximum atomic E-state index is 6.10.